The van der Waals surface area contributed by atoms with Crippen LogP contribution in [-0.2, 0) is 26.2 Å². The molecule has 162 valence electrons. The van der Waals surface area contributed by atoms with E-state index in [0.29, 0.717) is 0 Å². The fourth-order valence-corrected chi connectivity index (χ4v) is 2.93. The number of nitrogens with one attached hydrogen (secondary N) is 2. The van der Waals surface area contributed by atoms with Gasteiger partial charge in [-0.25, -0.2) is 4.79 Å². The normalized spacial score (nSPS) is 14.1. The number of carbonyl (C=O) groups excluding carboxylic acids is 1. The van der Waals surface area contributed by atoms with Gasteiger partial charge < -0.3 is 20.8 Å². The highest BCUT2D eigenvalue weighted by Crippen LogP contribution is 2.23. The molecule has 29 heavy (non-hydrogen) atoms. The summed E-state index contributed by atoms with van der Waals surface area (Å²) in [6.07, 6.45) is 0.0307. The SMILES string of the molecule is CC(C)(C)N[C@@H](CCC(=O)O)C(=O)N[C@@H](Cc1cccc(C(C)(C)C)c1)C(=O)O. The highest BCUT2D eigenvalue weighted by Gasteiger charge is 2.28. The number of carboxylic acids is 2. The average Bonchev–Trinajstić information content (AvgIpc) is 2.56. The van der Waals surface area contributed by atoms with E-state index in [1.165, 1.54) is 0 Å². The quantitative estimate of drug-likeness (QED) is 0.501. The summed E-state index contributed by atoms with van der Waals surface area (Å²) in [7, 11) is 0. The Labute approximate surface area is 172 Å². The number of hydrogen-bond acceptors (Lipinski definition) is 4. The zero-order valence-electron chi connectivity index (χ0n) is 18.2. The van der Waals surface area contributed by atoms with E-state index in [2.05, 4.69) is 31.4 Å². The summed E-state index contributed by atoms with van der Waals surface area (Å²) in [6, 6.07) is 5.77. The number of benzene rings is 1. The second-order valence-corrected chi connectivity index (χ2v) is 9.43. The maximum Gasteiger partial charge on any atom is 0.326 e. The molecule has 1 aromatic carbocycles. The summed E-state index contributed by atoms with van der Waals surface area (Å²) in [5.74, 6) is -2.65. The first-order valence-electron chi connectivity index (χ1n) is 9.81. The van der Waals surface area contributed by atoms with Crippen molar-refractivity contribution in [1.82, 2.24) is 10.6 Å². The van der Waals surface area contributed by atoms with Gasteiger partial charge in [-0.3, -0.25) is 9.59 Å². The van der Waals surface area contributed by atoms with Crippen molar-refractivity contribution in [3.8, 4) is 0 Å². The van der Waals surface area contributed by atoms with Crippen molar-refractivity contribution in [2.75, 3.05) is 0 Å². The van der Waals surface area contributed by atoms with Crippen LogP contribution < -0.4 is 10.6 Å². The Morgan fingerprint density at radius 3 is 2.10 bits per heavy atom. The first kappa shape index (κ1) is 24.6. The molecule has 0 saturated heterocycles. The predicted octanol–water partition coefficient (Wildman–Crippen LogP) is 2.72. The molecule has 2 atom stereocenters. The van der Waals surface area contributed by atoms with E-state index in [1.54, 1.807) is 0 Å². The van der Waals surface area contributed by atoms with Crippen molar-refractivity contribution in [1.29, 1.82) is 0 Å². The molecule has 0 heterocycles. The van der Waals surface area contributed by atoms with Crippen LogP contribution in [0.25, 0.3) is 0 Å². The molecular weight excluding hydrogens is 372 g/mol. The minimum Gasteiger partial charge on any atom is -0.481 e. The third-order valence-electron chi connectivity index (χ3n) is 4.42. The van der Waals surface area contributed by atoms with Crippen LogP contribution in [0, 0.1) is 0 Å². The van der Waals surface area contributed by atoms with Crippen LogP contribution in [0.2, 0.25) is 0 Å². The Kier molecular flexibility index (Phi) is 8.38. The molecule has 0 spiro atoms. The van der Waals surface area contributed by atoms with Gasteiger partial charge in [0.05, 0.1) is 6.04 Å². The molecule has 0 aliphatic carbocycles. The summed E-state index contributed by atoms with van der Waals surface area (Å²) in [5, 5.41) is 24.2. The average molecular weight is 407 g/mol. The molecule has 0 radical (unpaired) electrons. The Bertz CT molecular complexity index is 731. The van der Waals surface area contributed by atoms with Crippen molar-refractivity contribution >= 4 is 17.8 Å². The largest absolute Gasteiger partial charge is 0.481 e. The molecule has 0 bridgehead atoms. The number of hydrogen-bond donors (Lipinski definition) is 4. The second-order valence-electron chi connectivity index (χ2n) is 9.43. The van der Waals surface area contributed by atoms with Crippen LogP contribution in [-0.4, -0.2) is 45.7 Å². The topological polar surface area (TPSA) is 116 Å². The first-order chi connectivity index (χ1) is 13.2. The van der Waals surface area contributed by atoms with Gasteiger partial charge in [-0.2, -0.15) is 0 Å². The van der Waals surface area contributed by atoms with E-state index >= 15 is 0 Å². The minimum atomic E-state index is -1.13. The van der Waals surface area contributed by atoms with Gasteiger partial charge in [0.25, 0.3) is 0 Å². The van der Waals surface area contributed by atoms with Crippen molar-refractivity contribution in [3.63, 3.8) is 0 Å². The zero-order valence-corrected chi connectivity index (χ0v) is 18.2. The fourth-order valence-electron chi connectivity index (χ4n) is 2.93. The maximum atomic E-state index is 12.7. The van der Waals surface area contributed by atoms with E-state index in [1.807, 2.05) is 45.0 Å². The van der Waals surface area contributed by atoms with Gasteiger partial charge in [-0.05, 0) is 43.7 Å². The molecule has 7 nitrogen and oxygen atoms in total. The number of carbonyl (C=O) groups is 3. The summed E-state index contributed by atoms with van der Waals surface area (Å²) in [4.78, 5) is 35.4. The van der Waals surface area contributed by atoms with E-state index in [0.717, 1.165) is 11.1 Å². The smallest absolute Gasteiger partial charge is 0.326 e. The van der Waals surface area contributed by atoms with Gasteiger partial charge >= 0.3 is 11.9 Å². The summed E-state index contributed by atoms with van der Waals surface area (Å²) >= 11 is 0. The van der Waals surface area contributed by atoms with Crippen LogP contribution in [0.1, 0.15) is 65.5 Å². The lowest BCUT2D eigenvalue weighted by molar-refractivity contribution is -0.142. The van der Waals surface area contributed by atoms with Crippen LogP contribution in [0.15, 0.2) is 24.3 Å². The lowest BCUT2D eigenvalue weighted by Crippen LogP contribution is -2.55. The third kappa shape index (κ3) is 9.09. The molecule has 1 aromatic rings. The van der Waals surface area contributed by atoms with Gasteiger partial charge in [-0.15, -0.1) is 0 Å². The maximum absolute atomic E-state index is 12.7. The molecule has 1 rings (SSSR count). The monoisotopic (exact) mass is 406 g/mol. The molecule has 0 aliphatic rings. The third-order valence-corrected chi connectivity index (χ3v) is 4.42. The molecule has 0 unspecified atom stereocenters. The Morgan fingerprint density at radius 2 is 1.62 bits per heavy atom. The molecular formula is C22H34N2O5. The zero-order chi connectivity index (χ0) is 22.4. The van der Waals surface area contributed by atoms with Crippen LogP contribution in [0.4, 0.5) is 0 Å². The van der Waals surface area contributed by atoms with Crippen molar-refractivity contribution in [2.24, 2.45) is 0 Å². The van der Waals surface area contributed by atoms with Gasteiger partial charge in [-0.1, -0.05) is 45.0 Å². The van der Waals surface area contributed by atoms with E-state index in [9.17, 15) is 19.5 Å². The standard InChI is InChI=1S/C22H34N2O5/c1-21(2,3)15-9-7-8-14(12-15)13-17(20(28)29)23-19(27)16(10-11-18(25)26)24-22(4,5)6/h7-9,12,16-17,24H,10-11,13H2,1-6H3,(H,23,27)(H,25,26)(H,28,29)/t16-,17-/m0/s1. The Balaban J connectivity index is 2.96. The van der Waals surface area contributed by atoms with Gasteiger partial charge in [0, 0.05) is 18.4 Å². The number of carboxylic acid groups (broad SMARTS) is 2. The molecule has 0 saturated carbocycles. The summed E-state index contributed by atoms with van der Waals surface area (Å²) in [5.41, 5.74) is 1.40. The fraction of sp³-hybridized carbons (Fsp3) is 0.591. The van der Waals surface area contributed by atoms with E-state index in [4.69, 9.17) is 5.11 Å². The lowest BCUT2D eigenvalue weighted by Gasteiger charge is -2.28. The number of rotatable bonds is 9. The van der Waals surface area contributed by atoms with E-state index < -0.39 is 35.5 Å². The van der Waals surface area contributed by atoms with Crippen molar-refractivity contribution in [2.45, 2.75) is 83.8 Å². The van der Waals surface area contributed by atoms with Gasteiger partial charge in [0.1, 0.15) is 6.04 Å². The highest BCUT2D eigenvalue weighted by atomic mass is 16.4. The Hall–Kier alpha value is -2.41. The first-order valence-corrected chi connectivity index (χ1v) is 9.81. The highest BCUT2D eigenvalue weighted by molar-refractivity contribution is 5.87. The Morgan fingerprint density at radius 1 is 1.00 bits per heavy atom. The molecule has 1 amide bonds. The number of aliphatic carboxylic acids is 2. The van der Waals surface area contributed by atoms with Crippen LogP contribution >= 0.6 is 0 Å². The van der Waals surface area contributed by atoms with Crippen LogP contribution in [0.5, 0.6) is 0 Å². The van der Waals surface area contributed by atoms with Crippen LogP contribution in [0.3, 0.4) is 0 Å². The van der Waals surface area contributed by atoms with Gasteiger partial charge in [0.15, 0.2) is 0 Å². The summed E-state index contributed by atoms with van der Waals surface area (Å²) in [6.45, 7) is 11.8. The summed E-state index contributed by atoms with van der Waals surface area (Å²) < 4.78 is 0. The molecule has 4 N–H and O–H groups in total. The van der Waals surface area contributed by atoms with Crippen molar-refractivity contribution in [3.05, 3.63) is 35.4 Å². The predicted molar refractivity (Wildman–Crippen MR) is 112 cm³/mol. The second kappa shape index (κ2) is 9.87. The molecule has 0 aromatic heterocycles. The molecule has 0 aliphatic heterocycles. The molecule has 7 heteroatoms. The van der Waals surface area contributed by atoms with Crippen molar-refractivity contribution < 1.29 is 24.6 Å². The minimum absolute atomic E-state index is 0.0729. The van der Waals surface area contributed by atoms with Gasteiger partial charge in [0.2, 0.25) is 5.91 Å². The molecule has 0 fully saturated rings. The van der Waals surface area contributed by atoms with E-state index in [-0.39, 0.29) is 24.7 Å². The lowest BCUT2D eigenvalue weighted by atomic mass is 9.85. The number of amides is 1.